The van der Waals surface area contributed by atoms with Crippen molar-refractivity contribution in [3.05, 3.63) is 95.6 Å². The molecule has 0 spiro atoms. The van der Waals surface area contributed by atoms with Crippen molar-refractivity contribution in [1.29, 1.82) is 0 Å². The molecule has 0 amide bonds. The number of ether oxygens (including phenoxy) is 1. The van der Waals surface area contributed by atoms with Crippen LogP contribution in [0.3, 0.4) is 0 Å². The zero-order valence-corrected chi connectivity index (χ0v) is 16.6. The lowest BCUT2D eigenvalue weighted by atomic mass is 9.78. The molecule has 152 valence electrons. The number of fused-ring (bicyclic) bond motifs is 3. The minimum Gasteiger partial charge on any atom is -0.468 e. The van der Waals surface area contributed by atoms with Gasteiger partial charge in [-0.05, 0) is 27.8 Å². The zero-order valence-electron chi connectivity index (χ0n) is 16.6. The van der Waals surface area contributed by atoms with Crippen LogP contribution in [0.25, 0.3) is 11.1 Å². The maximum Gasteiger partial charge on any atom is 0.325 e. The van der Waals surface area contributed by atoms with E-state index >= 15 is 0 Å². The van der Waals surface area contributed by atoms with Crippen LogP contribution in [0.1, 0.15) is 16.7 Å². The van der Waals surface area contributed by atoms with E-state index < -0.39 is 29.8 Å². The van der Waals surface area contributed by atoms with Gasteiger partial charge in [-0.25, -0.2) is 0 Å². The summed E-state index contributed by atoms with van der Waals surface area (Å²) >= 11 is 0. The van der Waals surface area contributed by atoms with E-state index in [1.165, 1.54) is 7.11 Å². The van der Waals surface area contributed by atoms with Gasteiger partial charge in [-0.1, -0.05) is 78.9 Å². The van der Waals surface area contributed by atoms with Crippen molar-refractivity contribution in [3.8, 4) is 11.1 Å². The van der Waals surface area contributed by atoms with E-state index in [1.807, 2.05) is 59.5 Å². The molecule has 0 radical (unpaired) electrons. The molecular weight excluding hydrogens is 378 g/mol. The summed E-state index contributed by atoms with van der Waals surface area (Å²) in [5, 5.41) is 21.4. The molecule has 1 aliphatic carbocycles. The molecule has 5 rings (SSSR count). The lowest BCUT2D eigenvalue weighted by Gasteiger charge is -2.43. The minimum absolute atomic E-state index is 0.137. The average molecular weight is 401 g/mol. The van der Waals surface area contributed by atoms with E-state index in [1.54, 1.807) is 0 Å². The van der Waals surface area contributed by atoms with Crippen molar-refractivity contribution in [3.63, 3.8) is 0 Å². The Bertz CT molecular complexity index is 1050. The van der Waals surface area contributed by atoms with E-state index in [9.17, 15) is 15.0 Å². The maximum atomic E-state index is 12.8. The fourth-order valence-corrected chi connectivity index (χ4v) is 5.23. The number of carbonyl (C=O) groups excluding carboxylic acids is 1. The van der Waals surface area contributed by atoms with E-state index in [0.717, 1.165) is 27.8 Å². The summed E-state index contributed by atoms with van der Waals surface area (Å²) in [7, 11) is 1.31. The molecule has 1 aliphatic heterocycles. The van der Waals surface area contributed by atoms with Crippen molar-refractivity contribution < 1.29 is 19.7 Å². The molecule has 0 bridgehead atoms. The Morgan fingerprint density at radius 3 is 2.00 bits per heavy atom. The molecule has 5 heteroatoms. The predicted octanol–water partition coefficient (Wildman–Crippen LogP) is 2.54. The molecule has 3 aromatic rings. The van der Waals surface area contributed by atoms with Gasteiger partial charge in [0.2, 0.25) is 0 Å². The molecule has 0 saturated carbocycles. The molecule has 5 nitrogen and oxygen atoms in total. The molecule has 1 fully saturated rings. The first-order valence-corrected chi connectivity index (χ1v) is 10.1. The van der Waals surface area contributed by atoms with E-state index in [0.29, 0.717) is 0 Å². The standard InChI is InChI=1S/C25H23NO4/c1-30-24(29)22-23(28)21(27)15-26(22)25(16-9-3-2-4-10-16)19-13-7-5-11-17(19)18-12-6-8-14-20(18)25/h2-14,21-23,27-28H,15H2,1H3/t21-,22+,23-/m1/s1. The molecule has 2 aliphatic rings. The Hall–Kier alpha value is -2.99. The second-order valence-corrected chi connectivity index (χ2v) is 7.85. The Morgan fingerprint density at radius 2 is 1.43 bits per heavy atom. The van der Waals surface area contributed by atoms with Crippen LogP contribution in [0.4, 0.5) is 0 Å². The van der Waals surface area contributed by atoms with Crippen LogP contribution in [-0.4, -0.2) is 53.0 Å². The zero-order chi connectivity index (χ0) is 20.9. The lowest BCUT2D eigenvalue weighted by molar-refractivity contribution is -0.151. The van der Waals surface area contributed by atoms with Crippen LogP contribution in [0.2, 0.25) is 0 Å². The molecule has 3 atom stereocenters. The topological polar surface area (TPSA) is 70.0 Å². The molecule has 2 N–H and O–H groups in total. The van der Waals surface area contributed by atoms with Gasteiger partial charge in [0.1, 0.15) is 12.1 Å². The quantitative estimate of drug-likeness (QED) is 0.660. The third-order valence-electron chi connectivity index (χ3n) is 6.43. The van der Waals surface area contributed by atoms with Crippen molar-refractivity contribution >= 4 is 5.97 Å². The summed E-state index contributed by atoms with van der Waals surface area (Å²) in [5.74, 6) is -0.559. The lowest BCUT2D eigenvalue weighted by Crippen LogP contribution is -2.54. The third kappa shape index (κ3) is 2.43. The summed E-state index contributed by atoms with van der Waals surface area (Å²) in [4.78, 5) is 14.7. The molecule has 3 aromatic carbocycles. The summed E-state index contributed by atoms with van der Waals surface area (Å²) in [6.07, 6.45) is -2.30. The van der Waals surface area contributed by atoms with Gasteiger partial charge in [0.05, 0.1) is 18.8 Å². The van der Waals surface area contributed by atoms with Crippen molar-refractivity contribution in [2.45, 2.75) is 23.8 Å². The first-order chi connectivity index (χ1) is 14.6. The smallest absolute Gasteiger partial charge is 0.325 e. The number of hydrogen-bond donors (Lipinski definition) is 2. The minimum atomic E-state index is -1.24. The summed E-state index contributed by atoms with van der Waals surface area (Å²) in [6.45, 7) is 0.137. The van der Waals surface area contributed by atoms with Crippen LogP contribution >= 0.6 is 0 Å². The van der Waals surface area contributed by atoms with Gasteiger partial charge >= 0.3 is 5.97 Å². The van der Waals surface area contributed by atoms with Crippen molar-refractivity contribution in [2.24, 2.45) is 0 Å². The number of carbonyl (C=O) groups is 1. The highest BCUT2D eigenvalue weighted by Gasteiger charge is 2.58. The predicted molar refractivity (Wildman–Crippen MR) is 113 cm³/mol. The van der Waals surface area contributed by atoms with Gasteiger partial charge in [-0.15, -0.1) is 0 Å². The van der Waals surface area contributed by atoms with Crippen LogP contribution in [0.15, 0.2) is 78.9 Å². The fourth-order valence-electron chi connectivity index (χ4n) is 5.23. The van der Waals surface area contributed by atoms with Gasteiger partial charge in [-0.3, -0.25) is 9.69 Å². The van der Waals surface area contributed by atoms with E-state index in [-0.39, 0.29) is 6.54 Å². The number of methoxy groups -OCH3 is 1. The third-order valence-corrected chi connectivity index (χ3v) is 6.43. The Balaban J connectivity index is 1.87. The molecule has 0 aromatic heterocycles. The highest BCUT2D eigenvalue weighted by molar-refractivity contribution is 5.85. The maximum absolute atomic E-state index is 12.8. The van der Waals surface area contributed by atoms with Gasteiger partial charge in [0.25, 0.3) is 0 Å². The number of hydrogen-bond acceptors (Lipinski definition) is 5. The van der Waals surface area contributed by atoms with Gasteiger partial charge in [0, 0.05) is 6.54 Å². The number of aliphatic hydroxyl groups excluding tert-OH is 2. The van der Waals surface area contributed by atoms with Gasteiger partial charge < -0.3 is 14.9 Å². The highest BCUT2D eigenvalue weighted by atomic mass is 16.5. The molecular formula is C25H23NO4. The Labute approximate surface area is 175 Å². The Morgan fingerprint density at radius 1 is 0.900 bits per heavy atom. The largest absolute Gasteiger partial charge is 0.468 e. The average Bonchev–Trinajstić information content (AvgIpc) is 3.26. The van der Waals surface area contributed by atoms with Gasteiger partial charge in [0.15, 0.2) is 0 Å². The van der Waals surface area contributed by atoms with Crippen LogP contribution < -0.4 is 0 Å². The molecule has 30 heavy (non-hydrogen) atoms. The van der Waals surface area contributed by atoms with E-state index in [2.05, 4.69) is 24.3 Å². The number of β-amino-alcohol motifs (C(OH)–C–C–N with tert-alkyl or cyclic N) is 1. The van der Waals surface area contributed by atoms with Crippen molar-refractivity contribution in [2.75, 3.05) is 13.7 Å². The second kappa shape index (κ2) is 7.06. The first kappa shape index (κ1) is 19.0. The Kier molecular flexibility index (Phi) is 4.47. The number of likely N-dealkylation sites (tertiary alicyclic amines) is 1. The second-order valence-electron chi connectivity index (χ2n) is 7.85. The summed E-state index contributed by atoms with van der Waals surface area (Å²) in [6, 6.07) is 25.2. The van der Waals surface area contributed by atoms with Crippen LogP contribution in [0.5, 0.6) is 0 Å². The summed E-state index contributed by atoms with van der Waals surface area (Å²) in [5.41, 5.74) is 4.33. The number of rotatable bonds is 3. The fraction of sp³-hybridized carbons (Fsp3) is 0.240. The summed E-state index contributed by atoms with van der Waals surface area (Å²) < 4.78 is 5.05. The van der Waals surface area contributed by atoms with Crippen LogP contribution in [-0.2, 0) is 15.1 Å². The van der Waals surface area contributed by atoms with Crippen LogP contribution in [0, 0.1) is 0 Å². The SMILES string of the molecule is COC(=O)[C@@H]1[C@H](O)[C@H](O)CN1C1(c2ccccc2)c2ccccc2-c2ccccc21. The van der Waals surface area contributed by atoms with E-state index in [4.69, 9.17) is 4.74 Å². The number of esters is 1. The molecule has 1 heterocycles. The number of benzene rings is 3. The molecule has 0 unspecified atom stereocenters. The first-order valence-electron chi connectivity index (χ1n) is 10.1. The number of nitrogens with zero attached hydrogens (tertiary/aromatic N) is 1. The number of aliphatic hydroxyl groups is 2. The van der Waals surface area contributed by atoms with Crippen molar-refractivity contribution in [1.82, 2.24) is 4.90 Å². The normalized spacial score (nSPS) is 24.3. The highest BCUT2D eigenvalue weighted by Crippen LogP contribution is 2.55. The van der Waals surface area contributed by atoms with Gasteiger partial charge in [-0.2, -0.15) is 0 Å². The molecule has 1 saturated heterocycles. The monoisotopic (exact) mass is 401 g/mol.